The number of hydrogen-bond acceptors (Lipinski definition) is 6. The lowest BCUT2D eigenvalue weighted by atomic mass is 10.2. The Hall–Kier alpha value is -2.94. The molecule has 2 aromatic heterocycles. The number of halogens is 2. The average molecular weight is 516 g/mol. The van der Waals surface area contributed by atoms with Crippen molar-refractivity contribution in [3.8, 4) is 0 Å². The molecule has 174 valence electrons. The lowest BCUT2D eigenvalue weighted by molar-refractivity contribution is -0.127. The molecule has 0 bridgehead atoms. The Balaban J connectivity index is 1.55. The van der Waals surface area contributed by atoms with E-state index >= 15 is 0 Å². The van der Waals surface area contributed by atoms with E-state index in [0.29, 0.717) is 33.0 Å². The molecule has 0 N–H and O–H groups in total. The molecule has 0 saturated carbocycles. The van der Waals surface area contributed by atoms with E-state index in [9.17, 15) is 9.59 Å². The molecule has 4 aromatic rings. The Morgan fingerprint density at radius 3 is 2.62 bits per heavy atom. The number of hydrogen-bond donors (Lipinski definition) is 0. The summed E-state index contributed by atoms with van der Waals surface area (Å²) in [6.07, 6.45) is 1.21. The zero-order valence-electron chi connectivity index (χ0n) is 17.8. The third-order valence-electron chi connectivity index (χ3n) is 5.46. The second-order valence-corrected chi connectivity index (χ2v) is 9.70. The van der Waals surface area contributed by atoms with Crippen LogP contribution >= 0.6 is 35.0 Å². The van der Waals surface area contributed by atoms with E-state index in [4.69, 9.17) is 37.3 Å². The van der Waals surface area contributed by atoms with E-state index in [-0.39, 0.29) is 25.5 Å². The van der Waals surface area contributed by atoms with Crippen LogP contribution in [0.25, 0.3) is 11.0 Å². The van der Waals surface area contributed by atoms with Crippen LogP contribution in [0, 0.1) is 0 Å². The van der Waals surface area contributed by atoms with Crippen molar-refractivity contribution in [1.82, 2.24) is 14.5 Å². The number of nitrogens with zero attached hydrogens (tertiary/aromatic N) is 3. The van der Waals surface area contributed by atoms with E-state index in [1.807, 2.05) is 34.9 Å². The second kappa shape index (κ2) is 9.74. The maximum Gasteiger partial charge on any atom is 0.416 e. The van der Waals surface area contributed by atoms with Gasteiger partial charge in [-0.1, -0.05) is 65.3 Å². The molecule has 0 radical (unpaired) electrons. The van der Waals surface area contributed by atoms with E-state index < -0.39 is 11.3 Å². The highest BCUT2D eigenvalue weighted by atomic mass is 35.5. The number of furan rings is 1. The number of imidazole rings is 1. The number of thioether (sulfide) groups is 1. The van der Waals surface area contributed by atoms with Crippen molar-refractivity contribution in [1.29, 1.82) is 0 Å². The van der Waals surface area contributed by atoms with Crippen molar-refractivity contribution in [2.75, 3.05) is 13.2 Å². The van der Waals surface area contributed by atoms with Crippen molar-refractivity contribution in [2.24, 2.45) is 0 Å². The molecule has 0 aliphatic carbocycles. The molecule has 1 atom stereocenters. The molecule has 1 saturated heterocycles. The van der Waals surface area contributed by atoms with Crippen LogP contribution in [0.5, 0.6) is 0 Å². The van der Waals surface area contributed by atoms with Crippen LogP contribution in [0.2, 0.25) is 10.0 Å². The minimum absolute atomic E-state index is 0.187. The number of rotatable bonds is 7. The highest BCUT2D eigenvalue weighted by molar-refractivity contribution is 8.00. The van der Waals surface area contributed by atoms with Gasteiger partial charge >= 0.3 is 6.09 Å². The first-order chi connectivity index (χ1) is 16.5. The normalized spacial score (nSPS) is 14.5. The fourth-order valence-corrected chi connectivity index (χ4v) is 5.28. The third-order valence-corrected chi connectivity index (χ3v) is 7.35. The Labute approximate surface area is 209 Å². The topological polar surface area (TPSA) is 77.6 Å². The summed E-state index contributed by atoms with van der Waals surface area (Å²) >= 11 is 13.8. The largest absolute Gasteiger partial charge is 0.469 e. The van der Waals surface area contributed by atoms with Gasteiger partial charge in [0.25, 0.3) is 0 Å². The Bertz CT molecular complexity index is 1340. The molecule has 1 fully saturated rings. The number of cyclic esters (lactones) is 1. The van der Waals surface area contributed by atoms with Gasteiger partial charge in [0.2, 0.25) is 5.91 Å². The van der Waals surface area contributed by atoms with Gasteiger partial charge in [-0.3, -0.25) is 4.79 Å². The summed E-state index contributed by atoms with van der Waals surface area (Å²) in [5.41, 5.74) is 2.52. The number of carbonyl (C=O) groups excluding carboxylic acids is 2. The zero-order valence-corrected chi connectivity index (χ0v) is 20.1. The molecular weight excluding hydrogens is 497 g/mol. The van der Waals surface area contributed by atoms with Gasteiger partial charge in [-0.2, -0.15) is 0 Å². The molecule has 0 spiro atoms. The van der Waals surface area contributed by atoms with Gasteiger partial charge in [-0.25, -0.2) is 14.7 Å². The number of amides is 2. The molecule has 2 amide bonds. The maximum absolute atomic E-state index is 13.4. The fourth-order valence-electron chi connectivity index (χ4n) is 3.79. The lowest BCUT2D eigenvalue weighted by Crippen LogP contribution is -2.39. The van der Waals surface area contributed by atoms with Gasteiger partial charge in [0.05, 0.1) is 45.7 Å². The fraction of sp³-hybridized carbons (Fsp3) is 0.208. The maximum atomic E-state index is 13.4. The molecular formula is C24H19Cl2N3O4S. The minimum Gasteiger partial charge on any atom is -0.469 e. The van der Waals surface area contributed by atoms with Crippen LogP contribution in [0.3, 0.4) is 0 Å². The smallest absolute Gasteiger partial charge is 0.416 e. The Morgan fingerprint density at radius 1 is 1.12 bits per heavy atom. The average Bonchev–Trinajstić information content (AvgIpc) is 3.56. The van der Waals surface area contributed by atoms with Gasteiger partial charge < -0.3 is 13.7 Å². The summed E-state index contributed by atoms with van der Waals surface area (Å²) < 4.78 is 12.5. The monoisotopic (exact) mass is 515 g/mol. The second-order valence-electron chi connectivity index (χ2n) is 7.72. The van der Waals surface area contributed by atoms with E-state index in [2.05, 4.69) is 0 Å². The van der Waals surface area contributed by atoms with Crippen molar-refractivity contribution in [3.63, 3.8) is 0 Å². The molecule has 1 aliphatic rings. The first-order valence-electron chi connectivity index (χ1n) is 10.6. The summed E-state index contributed by atoms with van der Waals surface area (Å²) in [5, 5.41) is 0.768. The predicted octanol–water partition coefficient (Wildman–Crippen LogP) is 5.67. The third kappa shape index (κ3) is 4.66. The number of imide groups is 1. The molecule has 5 rings (SSSR count). The lowest BCUT2D eigenvalue weighted by Gasteiger charge is -2.19. The molecule has 7 nitrogen and oxygen atoms in total. The first kappa shape index (κ1) is 22.8. The summed E-state index contributed by atoms with van der Waals surface area (Å²) in [7, 11) is 0. The standard InChI is InChI=1S/C24H19Cl2N3O4S/c25-17-12-19-20(13-18(17)26)29(14-15-5-2-1-3-6-15)23(27-19)34-21(11-16-7-4-9-32-16)22(30)28-8-10-33-24(28)31/h1-7,9,12-13,21H,8,10-11,14H2. The van der Waals surface area contributed by atoms with E-state index in [1.54, 1.807) is 30.5 Å². The highest BCUT2D eigenvalue weighted by Gasteiger charge is 2.35. The number of fused-ring (bicyclic) bond motifs is 1. The van der Waals surface area contributed by atoms with Crippen LogP contribution in [-0.4, -0.2) is 44.9 Å². The first-order valence-corrected chi connectivity index (χ1v) is 12.2. The Kier molecular flexibility index (Phi) is 6.54. The summed E-state index contributed by atoms with van der Waals surface area (Å²) in [6, 6.07) is 17.0. The van der Waals surface area contributed by atoms with Crippen LogP contribution in [0.15, 0.2) is 70.4 Å². The highest BCUT2D eigenvalue weighted by Crippen LogP contribution is 2.34. The van der Waals surface area contributed by atoms with E-state index in [1.165, 1.54) is 11.8 Å². The van der Waals surface area contributed by atoms with Gasteiger partial charge in [-0.05, 0) is 29.8 Å². The molecule has 3 heterocycles. The van der Waals surface area contributed by atoms with Crippen molar-refractivity contribution >= 4 is 58.0 Å². The number of carbonyl (C=O) groups is 2. The van der Waals surface area contributed by atoms with Crippen LogP contribution in [0.4, 0.5) is 4.79 Å². The molecule has 10 heteroatoms. The predicted molar refractivity (Wildman–Crippen MR) is 130 cm³/mol. The van der Waals surface area contributed by atoms with Crippen LogP contribution in [-0.2, 0) is 22.5 Å². The Morgan fingerprint density at radius 2 is 1.91 bits per heavy atom. The van der Waals surface area contributed by atoms with E-state index in [0.717, 1.165) is 16.0 Å². The van der Waals surface area contributed by atoms with Crippen LogP contribution in [0.1, 0.15) is 11.3 Å². The number of aromatic nitrogens is 2. The number of ether oxygens (including phenoxy) is 1. The zero-order chi connectivity index (χ0) is 23.7. The summed E-state index contributed by atoms with van der Waals surface area (Å²) in [4.78, 5) is 31.4. The molecule has 1 unspecified atom stereocenters. The summed E-state index contributed by atoms with van der Waals surface area (Å²) in [6.45, 7) is 0.926. The minimum atomic E-state index is -0.658. The van der Waals surface area contributed by atoms with Gasteiger partial charge in [-0.15, -0.1) is 0 Å². The molecule has 1 aliphatic heterocycles. The SMILES string of the molecule is O=C1OCCN1C(=O)C(Cc1ccco1)Sc1nc2cc(Cl)c(Cl)cc2n1Cc1ccccc1. The summed E-state index contributed by atoms with van der Waals surface area (Å²) in [5.74, 6) is 0.286. The number of benzene rings is 2. The molecule has 34 heavy (non-hydrogen) atoms. The quantitative estimate of drug-likeness (QED) is 0.295. The van der Waals surface area contributed by atoms with Crippen molar-refractivity contribution in [3.05, 3.63) is 82.2 Å². The van der Waals surface area contributed by atoms with Gasteiger partial charge in [0.1, 0.15) is 12.4 Å². The molecule has 2 aromatic carbocycles. The van der Waals surface area contributed by atoms with Crippen LogP contribution < -0.4 is 0 Å². The van der Waals surface area contributed by atoms with Gasteiger partial charge in [0.15, 0.2) is 5.16 Å². The van der Waals surface area contributed by atoms with Gasteiger partial charge in [0, 0.05) is 6.42 Å². The van der Waals surface area contributed by atoms with Crippen molar-refractivity contribution in [2.45, 2.75) is 23.4 Å². The van der Waals surface area contributed by atoms with Crippen molar-refractivity contribution < 1.29 is 18.7 Å².